The molecule has 2 aromatic heterocycles. The summed E-state index contributed by atoms with van der Waals surface area (Å²) in [4.78, 5) is 17.8. The highest BCUT2D eigenvalue weighted by Gasteiger charge is 2.35. The first-order valence-corrected chi connectivity index (χ1v) is 8.34. The van der Waals surface area contributed by atoms with E-state index < -0.39 is 0 Å². The van der Waals surface area contributed by atoms with Crippen molar-refractivity contribution in [2.45, 2.75) is 38.1 Å². The lowest BCUT2D eigenvalue weighted by molar-refractivity contribution is 0.0906. The van der Waals surface area contributed by atoms with Crippen LogP contribution in [0.3, 0.4) is 0 Å². The van der Waals surface area contributed by atoms with Gasteiger partial charge in [-0.1, -0.05) is 12.8 Å². The number of hydrogen-bond acceptors (Lipinski definition) is 5. The molecule has 0 radical (unpaired) electrons. The van der Waals surface area contributed by atoms with Crippen LogP contribution >= 0.6 is 36.2 Å². The number of halogens is 2. The largest absolute Gasteiger partial charge is 0.345 e. The Morgan fingerprint density at radius 3 is 2.62 bits per heavy atom. The van der Waals surface area contributed by atoms with Gasteiger partial charge in [-0.3, -0.25) is 9.48 Å². The zero-order valence-electron chi connectivity index (χ0n) is 13.7. The van der Waals surface area contributed by atoms with E-state index in [-0.39, 0.29) is 36.3 Å². The zero-order valence-corrected chi connectivity index (χ0v) is 16.2. The van der Waals surface area contributed by atoms with Crippen LogP contribution in [0.4, 0.5) is 0 Å². The molecule has 24 heavy (non-hydrogen) atoms. The summed E-state index contributed by atoms with van der Waals surface area (Å²) < 4.78 is 1.73. The molecule has 0 bridgehead atoms. The number of thiazole rings is 1. The number of aromatic nitrogens is 3. The fraction of sp³-hybridized carbons (Fsp3) is 0.533. The number of rotatable bonds is 4. The third-order valence-electron chi connectivity index (χ3n) is 4.28. The molecule has 2 aromatic rings. The van der Waals surface area contributed by atoms with E-state index in [0.29, 0.717) is 11.4 Å². The van der Waals surface area contributed by atoms with Gasteiger partial charge in [0.1, 0.15) is 9.88 Å². The first-order chi connectivity index (χ1) is 10.5. The molecule has 0 unspecified atom stereocenters. The molecular weight excluding hydrogens is 369 g/mol. The molecule has 1 fully saturated rings. The predicted molar refractivity (Wildman–Crippen MR) is 101 cm³/mol. The van der Waals surface area contributed by atoms with E-state index in [1.54, 1.807) is 10.9 Å². The number of carbonyl (C=O) groups is 1. The summed E-state index contributed by atoms with van der Waals surface area (Å²) in [5.41, 5.74) is 7.35. The van der Waals surface area contributed by atoms with Gasteiger partial charge in [0.05, 0.1) is 17.4 Å². The van der Waals surface area contributed by atoms with Crippen LogP contribution in [0.5, 0.6) is 0 Å². The smallest absolute Gasteiger partial charge is 0.263 e. The van der Waals surface area contributed by atoms with Crippen LogP contribution in [-0.2, 0) is 7.05 Å². The van der Waals surface area contributed by atoms with Gasteiger partial charge in [-0.25, -0.2) is 4.98 Å². The minimum atomic E-state index is -0.234. The Hall–Kier alpha value is -1.15. The summed E-state index contributed by atoms with van der Waals surface area (Å²) in [6.45, 7) is 2.36. The second-order valence-electron chi connectivity index (χ2n) is 5.98. The number of aryl methyl sites for hydroxylation is 2. The van der Waals surface area contributed by atoms with E-state index >= 15 is 0 Å². The normalized spacial score (nSPS) is 15.5. The fourth-order valence-electron chi connectivity index (χ4n) is 2.99. The first-order valence-electron chi connectivity index (χ1n) is 7.52. The van der Waals surface area contributed by atoms with Gasteiger partial charge in [0.25, 0.3) is 5.91 Å². The van der Waals surface area contributed by atoms with Crippen LogP contribution in [0.1, 0.15) is 41.0 Å². The summed E-state index contributed by atoms with van der Waals surface area (Å²) in [6, 6.07) is 0. The molecule has 1 saturated carbocycles. The Morgan fingerprint density at radius 1 is 1.42 bits per heavy atom. The molecule has 0 atom stereocenters. The van der Waals surface area contributed by atoms with E-state index in [2.05, 4.69) is 15.4 Å². The van der Waals surface area contributed by atoms with Crippen molar-refractivity contribution in [2.75, 3.05) is 6.54 Å². The average molecular weight is 392 g/mol. The molecule has 3 N–H and O–H groups in total. The van der Waals surface area contributed by atoms with Gasteiger partial charge >= 0.3 is 0 Å². The Balaban J connectivity index is 0.00000144. The van der Waals surface area contributed by atoms with Crippen LogP contribution in [0, 0.1) is 6.92 Å². The molecule has 1 aliphatic carbocycles. The molecular formula is C15H23Cl2N5OS. The van der Waals surface area contributed by atoms with Gasteiger partial charge in [0, 0.05) is 25.4 Å². The molecule has 1 amide bonds. The maximum Gasteiger partial charge on any atom is 0.263 e. The van der Waals surface area contributed by atoms with Crippen molar-refractivity contribution >= 4 is 42.1 Å². The molecule has 0 aromatic carbocycles. The maximum absolute atomic E-state index is 12.6. The van der Waals surface area contributed by atoms with Crippen LogP contribution in [0.15, 0.2) is 12.4 Å². The van der Waals surface area contributed by atoms with Crippen molar-refractivity contribution in [3.63, 3.8) is 0 Å². The molecule has 0 aliphatic heterocycles. The highest BCUT2D eigenvalue weighted by Crippen LogP contribution is 2.31. The van der Waals surface area contributed by atoms with E-state index in [9.17, 15) is 4.79 Å². The van der Waals surface area contributed by atoms with Gasteiger partial charge in [0.15, 0.2) is 0 Å². The van der Waals surface area contributed by atoms with Crippen molar-refractivity contribution in [1.82, 2.24) is 20.1 Å². The lowest BCUT2D eigenvalue weighted by Crippen LogP contribution is -2.51. The highest BCUT2D eigenvalue weighted by molar-refractivity contribution is 7.17. The number of amides is 1. The van der Waals surface area contributed by atoms with Gasteiger partial charge in [-0.2, -0.15) is 5.10 Å². The van der Waals surface area contributed by atoms with Crippen molar-refractivity contribution in [3.05, 3.63) is 23.0 Å². The zero-order chi connectivity index (χ0) is 15.7. The Kier molecular flexibility index (Phi) is 7.22. The lowest BCUT2D eigenvalue weighted by Gasteiger charge is -2.28. The van der Waals surface area contributed by atoms with Gasteiger partial charge < -0.3 is 11.1 Å². The second kappa shape index (κ2) is 8.29. The summed E-state index contributed by atoms with van der Waals surface area (Å²) in [7, 11) is 1.86. The lowest BCUT2D eigenvalue weighted by atomic mass is 9.98. The second-order valence-corrected chi connectivity index (χ2v) is 6.98. The van der Waals surface area contributed by atoms with E-state index in [1.807, 2.05) is 20.2 Å². The average Bonchev–Trinajstić information content (AvgIpc) is 3.19. The molecule has 0 spiro atoms. The van der Waals surface area contributed by atoms with Crippen molar-refractivity contribution in [1.29, 1.82) is 0 Å². The van der Waals surface area contributed by atoms with Crippen LogP contribution in [0.2, 0.25) is 0 Å². The molecule has 3 rings (SSSR count). The van der Waals surface area contributed by atoms with E-state index in [1.165, 1.54) is 11.3 Å². The summed E-state index contributed by atoms with van der Waals surface area (Å²) in [5, 5.41) is 8.13. The van der Waals surface area contributed by atoms with Crippen molar-refractivity contribution in [2.24, 2.45) is 12.8 Å². The number of nitrogens with zero attached hydrogens (tertiary/aromatic N) is 3. The summed E-state index contributed by atoms with van der Waals surface area (Å²) in [5.74, 6) is -0.0579. The highest BCUT2D eigenvalue weighted by atomic mass is 35.5. The van der Waals surface area contributed by atoms with Crippen LogP contribution < -0.4 is 11.1 Å². The quantitative estimate of drug-likeness (QED) is 0.838. The van der Waals surface area contributed by atoms with E-state index in [0.717, 1.165) is 41.9 Å². The molecule has 2 heterocycles. The van der Waals surface area contributed by atoms with Gasteiger partial charge in [0.2, 0.25) is 0 Å². The predicted octanol–water partition coefficient (Wildman–Crippen LogP) is 2.70. The number of nitrogens with one attached hydrogen (secondary N) is 1. The number of hydrogen-bond donors (Lipinski definition) is 2. The van der Waals surface area contributed by atoms with Gasteiger partial charge in [-0.15, -0.1) is 36.2 Å². The summed E-state index contributed by atoms with van der Waals surface area (Å²) >= 11 is 1.41. The van der Waals surface area contributed by atoms with Gasteiger partial charge in [-0.05, 0) is 19.8 Å². The molecule has 6 nitrogen and oxygen atoms in total. The monoisotopic (exact) mass is 391 g/mol. The minimum absolute atomic E-state index is 0. The third-order valence-corrected chi connectivity index (χ3v) is 5.49. The Labute approximate surface area is 158 Å². The van der Waals surface area contributed by atoms with Crippen molar-refractivity contribution < 1.29 is 4.79 Å². The van der Waals surface area contributed by atoms with Crippen LogP contribution in [0.25, 0.3) is 10.6 Å². The van der Waals surface area contributed by atoms with E-state index in [4.69, 9.17) is 5.73 Å². The Bertz CT molecular complexity index is 694. The molecule has 134 valence electrons. The molecule has 0 saturated heterocycles. The minimum Gasteiger partial charge on any atom is -0.345 e. The number of carbonyl (C=O) groups excluding carboxylic acids is 1. The number of nitrogens with two attached hydrogens (primary N) is 1. The van der Waals surface area contributed by atoms with Crippen LogP contribution in [-0.4, -0.2) is 32.8 Å². The maximum atomic E-state index is 12.6. The SMILES string of the molecule is Cc1nc(-c2cnn(C)c2)sc1C(=O)NC1(CN)CCCC1.Cl.Cl. The fourth-order valence-corrected chi connectivity index (χ4v) is 3.93. The standard InChI is InChI=1S/C15H21N5OS.2ClH/c1-10-12(13(21)19-15(9-16)5-3-4-6-15)22-14(18-10)11-7-17-20(2)8-11;;/h7-8H,3-6,9,16H2,1-2H3,(H,19,21);2*1H. The summed E-state index contributed by atoms with van der Waals surface area (Å²) in [6.07, 6.45) is 7.84. The molecule has 9 heteroatoms. The van der Waals surface area contributed by atoms with Crippen molar-refractivity contribution in [3.8, 4) is 10.6 Å². The molecule has 1 aliphatic rings. The first kappa shape index (κ1) is 20.9. The topological polar surface area (TPSA) is 85.8 Å². The third kappa shape index (κ3) is 4.08. The Morgan fingerprint density at radius 2 is 2.08 bits per heavy atom.